The van der Waals surface area contributed by atoms with E-state index in [1.807, 2.05) is 0 Å². The van der Waals surface area contributed by atoms with E-state index in [-0.39, 0.29) is 44.5 Å². The molecule has 0 unspecified atom stereocenters. The fraction of sp³-hybridized carbons (Fsp3) is 0.220. The molecule has 0 radical (unpaired) electrons. The van der Waals surface area contributed by atoms with Crippen LogP contribution in [0.2, 0.25) is 0 Å². The number of hydrogen-bond donors (Lipinski definition) is 0. The maximum Gasteiger partial charge on any atom is 0.101 e. The second-order valence-corrected chi connectivity index (χ2v) is 13.9. The van der Waals surface area contributed by atoms with Crippen LogP contribution < -0.4 is 0 Å². The number of hydrogen-bond acceptors (Lipinski definition) is 8. The van der Waals surface area contributed by atoms with Gasteiger partial charge in [0.1, 0.15) is 48.6 Å². The fourth-order valence-electron chi connectivity index (χ4n) is 11.6. The molecule has 49 heavy (non-hydrogen) atoms. The van der Waals surface area contributed by atoms with E-state index in [1.165, 1.54) is 0 Å². The highest BCUT2D eigenvalue weighted by Gasteiger charge is 2.89. The van der Waals surface area contributed by atoms with E-state index < -0.39 is 27.1 Å². The Hall–Kier alpha value is -7.20. The summed E-state index contributed by atoms with van der Waals surface area (Å²) in [5.41, 5.74) is 2.66. The Morgan fingerprint density at radius 3 is 0.510 bits per heavy atom. The van der Waals surface area contributed by atoms with Crippen LogP contribution in [0.4, 0.5) is 0 Å². The Morgan fingerprint density at radius 1 is 0.286 bits per heavy atom. The number of benzene rings is 4. The van der Waals surface area contributed by atoms with Crippen molar-refractivity contribution in [1.29, 1.82) is 42.1 Å². The second-order valence-electron chi connectivity index (χ2n) is 13.9. The van der Waals surface area contributed by atoms with Crippen molar-refractivity contribution in [3.63, 3.8) is 0 Å². The second kappa shape index (κ2) is 8.58. The normalized spacial score (nSPS) is 27.8. The SMILES string of the molecule is CC12c3cc(C#N)c(C#N)cc3C3(C)c4cc(C#N)c(C#N)cc4C4(C)c5cc(C#N)c(C#N)cc5C(C)(c5cc(C#N)c(C#N)cc51)C234. The zero-order valence-electron chi connectivity index (χ0n) is 26.7. The van der Waals surface area contributed by atoms with Crippen LogP contribution in [-0.4, -0.2) is 0 Å². The van der Waals surface area contributed by atoms with Gasteiger partial charge in [0.05, 0.1) is 44.5 Å². The van der Waals surface area contributed by atoms with Crippen LogP contribution in [0.3, 0.4) is 0 Å². The van der Waals surface area contributed by atoms with Crippen molar-refractivity contribution >= 4 is 0 Å². The van der Waals surface area contributed by atoms with Crippen LogP contribution in [-0.2, 0) is 21.7 Å². The summed E-state index contributed by atoms with van der Waals surface area (Å²) >= 11 is 0. The molecule has 0 aliphatic heterocycles. The van der Waals surface area contributed by atoms with Crippen LogP contribution in [0.1, 0.15) is 117 Å². The summed E-state index contributed by atoms with van der Waals surface area (Å²) in [6.45, 7) is 8.35. The molecule has 8 nitrogen and oxygen atoms in total. The van der Waals surface area contributed by atoms with Crippen molar-refractivity contribution in [1.82, 2.24) is 0 Å². The first kappa shape index (κ1) is 29.2. The maximum atomic E-state index is 10.3. The lowest BCUT2D eigenvalue weighted by atomic mass is 9.43. The summed E-state index contributed by atoms with van der Waals surface area (Å²) in [7, 11) is 0. The Bertz CT molecular complexity index is 2180. The quantitative estimate of drug-likeness (QED) is 0.220. The van der Waals surface area contributed by atoms with Crippen molar-refractivity contribution in [2.45, 2.75) is 49.4 Å². The lowest BCUT2D eigenvalue weighted by molar-refractivity contribution is 0.0252. The molecule has 224 valence electrons. The average Bonchev–Trinajstić information content (AvgIpc) is 3.60. The monoisotopic (exact) mass is 624 g/mol. The molecule has 4 aliphatic rings. The van der Waals surface area contributed by atoms with Crippen molar-refractivity contribution in [2.24, 2.45) is 5.41 Å². The molecule has 0 atom stereocenters. The number of nitriles is 8. The highest BCUT2D eigenvalue weighted by atomic mass is 14.9. The Kier molecular flexibility index (Phi) is 5.12. The van der Waals surface area contributed by atoms with Gasteiger partial charge in [-0.1, -0.05) is 27.7 Å². The molecule has 4 aromatic carbocycles. The zero-order valence-corrected chi connectivity index (χ0v) is 26.7. The predicted molar refractivity (Wildman–Crippen MR) is 172 cm³/mol. The van der Waals surface area contributed by atoms with Crippen molar-refractivity contribution in [3.8, 4) is 48.6 Å². The summed E-state index contributed by atoms with van der Waals surface area (Å²) in [5, 5.41) is 82.1. The van der Waals surface area contributed by atoms with Gasteiger partial charge in [-0.15, -0.1) is 0 Å². The van der Waals surface area contributed by atoms with Gasteiger partial charge in [0.2, 0.25) is 0 Å². The maximum absolute atomic E-state index is 10.3. The number of rotatable bonds is 0. The largest absolute Gasteiger partial charge is 0.192 e. The first-order valence-corrected chi connectivity index (χ1v) is 15.4. The molecule has 0 heterocycles. The van der Waals surface area contributed by atoms with Crippen molar-refractivity contribution < 1.29 is 0 Å². The Balaban J connectivity index is 1.74. The third-order valence-electron chi connectivity index (χ3n) is 12.9. The van der Waals surface area contributed by atoms with Gasteiger partial charge < -0.3 is 0 Å². The molecule has 8 rings (SSSR count). The molecule has 4 aliphatic carbocycles. The lowest BCUT2D eigenvalue weighted by Crippen LogP contribution is -2.60. The van der Waals surface area contributed by atoms with E-state index in [0.29, 0.717) is 0 Å². The lowest BCUT2D eigenvalue weighted by Gasteiger charge is -2.57. The van der Waals surface area contributed by atoms with E-state index in [1.54, 1.807) is 48.5 Å². The summed E-state index contributed by atoms with van der Waals surface area (Å²) in [6.07, 6.45) is 0. The van der Waals surface area contributed by atoms with Gasteiger partial charge in [-0.25, -0.2) is 0 Å². The standard InChI is InChI=1S/C41H20N8/c1-37-29-5-21(13-42)23(15-44)7-31(29)38(2)33-9-25(17-46)27(19-48)11-35(33)40(4)36-12-28(20-49)26(18-47)10-34(36)39(3,41(37,38)40)32-8-24(16-45)22(14-43)6-30(32)37/h5-12H,1-4H3. The third-order valence-corrected chi connectivity index (χ3v) is 12.9. The molecular formula is C41H20N8. The summed E-state index contributed by atoms with van der Waals surface area (Å²) < 4.78 is 0. The van der Waals surface area contributed by atoms with E-state index in [4.69, 9.17) is 0 Å². The minimum absolute atomic E-state index is 0.195. The molecule has 0 fully saturated rings. The molecule has 1 spiro atoms. The summed E-state index contributed by atoms with van der Waals surface area (Å²) in [4.78, 5) is 0. The zero-order chi connectivity index (χ0) is 35.1. The molecule has 0 amide bonds. The van der Waals surface area contributed by atoms with Crippen LogP contribution in [0, 0.1) is 96.1 Å². The summed E-state index contributed by atoms with van der Waals surface area (Å²) in [5.74, 6) is 0. The molecule has 0 aromatic heterocycles. The van der Waals surface area contributed by atoms with Crippen molar-refractivity contribution in [3.05, 3.63) is 138 Å². The average molecular weight is 625 g/mol. The first-order chi connectivity index (χ1) is 23.4. The van der Waals surface area contributed by atoms with Gasteiger partial charge in [-0.2, -0.15) is 42.1 Å². The van der Waals surface area contributed by atoms with Crippen LogP contribution >= 0.6 is 0 Å². The minimum Gasteiger partial charge on any atom is -0.192 e. The minimum atomic E-state index is -1.02. The van der Waals surface area contributed by atoms with Crippen LogP contribution in [0.15, 0.2) is 48.5 Å². The van der Waals surface area contributed by atoms with E-state index >= 15 is 0 Å². The predicted octanol–water partition coefficient (Wildman–Crippen LogP) is 6.22. The molecular weight excluding hydrogens is 605 g/mol. The number of fused-ring (bicyclic) bond motifs is 12. The molecule has 0 saturated heterocycles. The molecule has 0 saturated carbocycles. The van der Waals surface area contributed by atoms with Gasteiger partial charge in [-0.3, -0.25) is 0 Å². The van der Waals surface area contributed by atoms with Crippen molar-refractivity contribution in [2.75, 3.05) is 0 Å². The van der Waals surface area contributed by atoms with Gasteiger partial charge >= 0.3 is 0 Å². The molecule has 8 heteroatoms. The first-order valence-electron chi connectivity index (χ1n) is 15.4. The third kappa shape index (κ3) is 2.50. The number of nitrogens with zero attached hydrogens (tertiary/aromatic N) is 8. The smallest absolute Gasteiger partial charge is 0.101 e. The van der Waals surface area contributed by atoms with Gasteiger partial charge in [0.25, 0.3) is 0 Å². The Labute approximate surface area is 282 Å². The fourth-order valence-corrected chi connectivity index (χ4v) is 11.6. The van der Waals surface area contributed by atoms with Gasteiger partial charge in [0.15, 0.2) is 0 Å². The summed E-state index contributed by atoms with van der Waals surface area (Å²) in [6, 6.07) is 31.8. The molecule has 0 bridgehead atoms. The van der Waals surface area contributed by atoms with Crippen LogP contribution in [0.25, 0.3) is 0 Å². The topological polar surface area (TPSA) is 190 Å². The van der Waals surface area contributed by atoms with Gasteiger partial charge in [0, 0.05) is 27.1 Å². The molecule has 4 aromatic rings. The Morgan fingerprint density at radius 2 is 0.408 bits per heavy atom. The van der Waals surface area contributed by atoms with Gasteiger partial charge in [-0.05, 0) is 93.0 Å². The highest BCUT2D eigenvalue weighted by molar-refractivity contribution is 5.85. The highest BCUT2D eigenvalue weighted by Crippen LogP contribution is 2.90. The van der Waals surface area contributed by atoms with E-state index in [0.717, 1.165) is 44.5 Å². The van der Waals surface area contributed by atoms with E-state index in [2.05, 4.69) is 76.2 Å². The molecule has 0 N–H and O–H groups in total. The van der Waals surface area contributed by atoms with Crippen LogP contribution in [0.5, 0.6) is 0 Å². The van der Waals surface area contributed by atoms with E-state index in [9.17, 15) is 42.1 Å².